The fourth-order valence-electron chi connectivity index (χ4n) is 4.25. The highest BCUT2D eigenvalue weighted by molar-refractivity contribution is 7.86. The molecule has 0 aromatic heterocycles. The van der Waals surface area contributed by atoms with Crippen LogP contribution in [0.4, 0.5) is 10.5 Å². The molecule has 11 nitrogen and oxygen atoms in total. The highest BCUT2D eigenvalue weighted by Crippen LogP contribution is 2.41. The van der Waals surface area contributed by atoms with E-state index in [1.54, 1.807) is 12.1 Å². The quantitative estimate of drug-likeness (QED) is 0.166. The zero-order valence-electron chi connectivity index (χ0n) is 19.8. The molecule has 1 amide bonds. The third-order valence-corrected chi connectivity index (χ3v) is 7.84. The molecule has 37 heavy (non-hydrogen) atoms. The second-order valence-corrected chi connectivity index (χ2v) is 10.2. The van der Waals surface area contributed by atoms with Crippen molar-refractivity contribution in [3.63, 3.8) is 0 Å². The third kappa shape index (κ3) is 5.53. The molecule has 5 atom stereocenters. The van der Waals surface area contributed by atoms with Gasteiger partial charge in [-0.05, 0) is 35.8 Å². The average molecular weight is 529 g/mol. The van der Waals surface area contributed by atoms with Crippen LogP contribution in [0.5, 0.6) is 0 Å². The van der Waals surface area contributed by atoms with Crippen LogP contribution in [-0.4, -0.2) is 55.3 Å². The van der Waals surface area contributed by atoms with Crippen molar-refractivity contribution in [3.05, 3.63) is 88.0 Å². The summed E-state index contributed by atoms with van der Waals surface area (Å²) in [5.41, 5.74) is 1.50. The first-order chi connectivity index (χ1) is 17.7. The molecule has 0 radical (unpaired) electrons. The van der Waals surface area contributed by atoms with Gasteiger partial charge in [-0.1, -0.05) is 36.9 Å². The zero-order chi connectivity index (χ0) is 26.7. The van der Waals surface area contributed by atoms with Gasteiger partial charge in [0.25, 0.3) is 5.69 Å². The molecule has 4 rings (SSSR count). The average Bonchev–Trinajstić information content (AvgIpc) is 2.87. The van der Waals surface area contributed by atoms with E-state index in [4.69, 9.17) is 14.2 Å². The maximum absolute atomic E-state index is 13.0. The normalized spacial score (nSPS) is 23.3. The molecule has 0 saturated carbocycles. The molecule has 194 valence electrons. The summed E-state index contributed by atoms with van der Waals surface area (Å²) in [7, 11) is -1.55. The molecule has 2 saturated heterocycles. The minimum atomic E-state index is -1.55. The highest BCUT2D eigenvalue weighted by atomic mass is 32.2. The van der Waals surface area contributed by atoms with Crippen molar-refractivity contribution < 1.29 is 37.7 Å². The lowest BCUT2D eigenvalue weighted by Gasteiger charge is -2.53. The van der Waals surface area contributed by atoms with Crippen molar-refractivity contribution in [3.8, 4) is 0 Å². The number of ether oxygens (including phenoxy) is 3. The number of hydrogen-bond acceptors (Lipinski definition) is 9. The lowest BCUT2D eigenvalue weighted by molar-refractivity contribution is -0.384. The summed E-state index contributed by atoms with van der Waals surface area (Å²) in [6.45, 7) is 5.13. The Morgan fingerprint density at radius 2 is 1.73 bits per heavy atom. The van der Waals surface area contributed by atoms with Gasteiger partial charge in [0.2, 0.25) is 5.91 Å². The van der Waals surface area contributed by atoms with Crippen LogP contribution in [0.1, 0.15) is 18.1 Å². The number of nitro benzene ring substituents is 1. The van der Waals surface area contributed by atoms with Crippen LogP contribution >= 0.6 is 0 Å². The Morgan fingerprint density at radius 1 is 1.11 bits per heavy atom. The van der Waals surface area contributed by atoms with Gasteiger partial charge in [-0.15, -0.1) is 0 Å². The summed E-state index contributed by atoms with van der Waals surface area (Å²) >= 11 is 0. The Hall–Kier alpha value is -4.06. The maximum Gasteiger partial charge on any atom is 0.508 e. The number of carbonyl (C=O) groups is 3. The first-order valence-corrected chi connectivity index (χ1v) is 12.7. The molecular formula is C25H24N2O9S. The third-order valence-electron chi connectivity index (χ3n) is 6.12. The lowest BCUT2D eigenvalue weighted by Crippen LogP contribution is -2.73. The van der Waals surface area contributed by atoms with Gasteiger partial charge >= 0.3 is 12.1 Å². The van der Waals surface area contributed by atoms with Crippen molar-refractivity contribution in [2.24, 2.45) is 5.92 Å². The van der Waals surface area contributed by atoms with Gasteiger partial charge in [-0.25, -0.2) is 9.59 Å². The van der Waals surface area contributed by atoms with Crippen LogP contribution in [0.25, 0.3) is 0 Å². The van der Waals surface area contributed by atoms with Gasteiger partial charge < -0.3 is 19.1 Å². The molecule has 3 unspecified atom stereocenters. The molecule has 2 aliphatic heterocycles. The number of amides is 1. The maximum atomic E-state index is 13.0. The van der Waals surface area contributed by atoms with Crippen LogP contribution in [0, 0.1) is 16.0 Å². The Balaban J connectivity index is 1.34. The molecule has 2 aliphatic rings. The second-order valence-electron chi connectivity index (χ2n) is 8.63. The van der Waals surface area contributed by atoms with E-state index in [1.807, 2.05) is 18.2 Å². The molecule has 0 spiro atoms. The van der Waals surface area contributed by atoms with E-state index in [9.17, 15) is 28.7 Å². The van der Waals surface area contributed by atoms with Gasteiger partial charge in [0.15, 0.2) is 6.04 Å². The lowest BCUT2D eigenvalue weighted by atomic mass is 9.89. The van der Waals surface area contributed by atoms with Gasteiger partial charge in [-0.2, -0.15) is 0 Å². The topological polar surface area (TPSA) is 142 Å². The predicted molar refractivity (Wildman–Crippen MR) is 130 cm³/mol. The molecule has 0 aliphatic carbocycles. The summed E-state index contributed by atoms with van der Waals surface area (Å²) in [6, 6.07) is 13.4. The number of benzene rings is 2. The van der Waals surface area contributed by atoms with E-state index in [-0.39, 0.29) is 24.7 Å². The van der Waals surface area contributed by atoms with Crippen molar-refractivity contribution >= 4 is 34.5 Å². The summed E-state index contributed by atoms with van der Waals surface area (Å²) in [5, 5.41) is 9.89. The minimum Gasteiger partial charge on any atom is -0.459 e. The van der Waals surface area contributed by atoms with Gasteiger partial charge in [0.1, 0.15) is 30.6 Å². The number of esters is 1. The Morgan fingerprint density at radius 3 is 2.38 bits per heavy atom. The first kappa shape index (κ1) is 26.0. The number of carbonyl (C=O) groups excluding carboxylic acids is 3. The van der Waals surface area contributed by atoms with Crippen LogP contribution in [0.3, 0.4) is 0 Å². The van der Waals surface area contributed by atoms with Gasteiger partial charge in [0, 0.05) is 28.7 Å². The van der Waals surface area contributed by atoms with Crippen LogP contribution < -0.4 is 0 Å². The fraction of sp³-hybridized carbons (Fsp3) is 0.320. The first-order valence-electron chi connectivity index (χ1n) is 11.3. The van der Waals surface area contributed by atoms with Crippen LogP contribution in [0.15, 0.2) is 66.7 Å². The molecule has 2 aromatic rings. The number of rotatable bonds is 8. The van der Waals surface area contributed by atoms with Crippen molar-refractivity contribution in [1.82, 2.24) is 4.90 Å². The van der Waals surface area contributed by atoms with E-state index in [1.165, 1.54) is 36.1 Å². The second kappa shape index (κ2) is 10.9. The summed E-state index contributed by atoms with van der Waals surface area (Å²) < 4.78 is 28.5. The summed E-state index contributed by atoms with van der Waals surface area (Å²) in [5.74, 6) is -2.09. The molecule has 0 N–H and O–H groups in total. The molecular weight excluding hydrogens is 504 g/mol. The molecule has 12 heteroatoms. The largest absolute Gasteiger partial charge is 0.508 e. The predicted octanol–water partition coefficient (Wildman–Crippen LogP) is 2.85. The number of nitrogens with zero attached hydrogens (tertiary/aromatic N) is 2. The number of nitro groups is 1. The van der Waals surface area contributed by atoms with Crippen molar-refractivity contribution in [2.75, 3.05) is 5.75 Å². The van der Waals surface area contributed by atoms with Gasteiger partial charge in [0.05, 0.1) is 4.92 Å². The summed E-state index contributed by atoms with van der Waals surface area (Å²) in [6.07, 6.45) is -2.03. The fourth-order valence-corrected chi connectivity index (χ4v) is 6.09. The van der Waals surface area contributed by atoms with Crippen molar-refractivity contribution in [1.29, 1.82) is 0 Å². The SMILES string of the molecule is C=C1CS(=O)[C@@H]2[C@@H](C(C)OC(=O)OCc3ccc([N+](=O)[O-])cc3)C(=O)N2C1C(=O)OCc1ccccc1. The van der Waals surface area contributed by atoms with Gasteiger partial charge in [-0.3, -0.25) is 19.1 Å². The number of β-lactam (4-membered cyclic amide) rings is 1. The standard InChI is InChI=1S/C25H24N2O9S/c1-15-14-37(33)23-20(16(2)36-25(30)35-13-18-8-10-19(11-9-18)27(31)32)22(28)26(23)21(15)24(29)34-12-17-6-4-3-5-7-17/h3-11,16,20-21,23H,1,12-14H2,2H3/t16?,20-,21?,23+,37?/m0/s1. The molecule has 2 aromatic carbocycles. The smallest absolute Gasteiger partial charge is 0.459 e. The Labute approximate surface area is 214 Å². The van der Waals surface area contributed by atoms with E-state index in [2.05, 4.69) is 6.58 Å². The summed E-state index contributed by atoms with van der Waals surface area (Å²) in [4.78, 5) is 49.4. The Bertz CT molecular complexity index is 1250. The highest BCUT2D eigenvalue weighted by Gasteiger charge is 2.61. The van der Waals surface area contributed by atoms with Crippen LogP contribution in [-0.2, 0) is 47.8 Å². The van der Waals surface area contributed by atoms with Crippen LogP contribution in [0.2, 0.25) is 0 Å². The zero-order valence-corrected chi connectivity index (χ0v) is 20.6. The molecule has 0 bridgehead atoms. The number of hydrogen-bond donors (Lipinski definition) is 0. The number of non-ortho nitro benzene ring substituents is 1. The minimum absolute atomic E-state index is 0.00730. The number of fused-ring (bicyclic) bond motifs is 1. The van der Waals surface area contributed by atoms with E-state index in [0.717, 1.165) is 5.56 Å². The van der Waals surface area contributed by atoms with Crippen molar-refractivity contribution in [2.45, 2.75) is 37.7 Å². The van der Waals surface area contributed by atoms with E-state index >= 15 is 0 Å². The molecule has 2 heterocycles. The Kier molecular flexibility index (Phi) is 7.67. The van der Waals surface area contributed by atoms with E-state index < -0.39 is 57.2 Å². The molecule has 2 fully saturated rings. The van der Waals surface area contributed by atoms with E-state index in [0.29, 0.717) is 11.1 Å². The monoisotopic (exact) mass is 528 g/mol.